The van der Waals surface area contributed by atoms with E-state index in [1.807, 2.05) is 35.7 Å². The average molecular weight is 327 g/mol. The van der Waals surface area contributed by atoms with E-state index < -0.39 is 5.97 Å². The quantitative estimate of drug-likeness (QED) is 0.674. The monoisotopic (exact) mass is 327 g/mol. The molecule has 0 amide bonds. The zero-order valence-corrected chi connectivity index (χ0v) is 13.1. The highest BCUT2D eigenvalue weighted by Crippen LogP contribution is 2.28. The van der Waals surface area contributed by atoms with Crippen LogP contribution in [0.1, 0.15) is 16.1 Å². The Morgan fingerprint density at radius 3 is 2.77 bits per heavy atom. The van der Waals surface area contributed by atoms with Gasteiger partial charge in [-0.25, -0.2) is 9.97 Å². The Kier molecular flexibility index (Phi) is 4.50. The van der Waals surface area contributed by atoms with Crippen LogP contribution in [0.5, 0.6) is 0 Å². The summed E-state index contributed by atoms with van der Waals surface area (Å²) >= 11 is 2.92. The van der Waals surface area contributed by atoms with Crippen LogP contribution >= 0.6 is 23.1 Å². The highest BCUT2D eigenvalue weighted by molar-refractivity contribution is 7.98. The molecular formula is C16H11N2O2S2-. The summed E-state index contributed by atoms with van der Waals surface area (Å²) in [5, 5.41) is 14.4. The summed E-state index contributed by atoms with van der Waals surface area (Å²) in [7, 11) is 0. The maximum absolute atomic E-state index is 11.0. The SMILES string of the molecule is O=C([O-])c1cccnc1SCc1csc(-c2ccccc2)n1. The molecule has 6 heteroatoms. The number of pyridine rings is 1. The zero-order valence-electron chi connectivity index (χ0n) is 11.4. The molecule has 0 unspecified atom stereocenters. The molecule has 0 atom stereocenters. The highest BCUT2D eigenvalue weighted by atomic mass is 32.2. The summed E-state index contributed by atoms with van der Waals surface area (Å²) in [4.78, 5) is 19.7. The van der Waals surface area contributed by atoms with E-state index in [2.05, 4.69) is 9.97 Å². The van der Waals surface area contributed by atoms with Gasteiger partial charge in [0.25, 0.3) is 0 Å². The number of hydrogen-bond acceptors (Lipinski definition) is 6. The predicted molar refractivity (Wildman–Crippen MR) is 85.7 cm³/mol. The van der Waals surface area contributed by atoms with E-state index >= 15 is 0 Å². The zero-order chi connectivity index (χ0) is 15.4. The van der Waals surface area contributed by atoms with Crippen LogP contribution in [0, 0.1) is 0 Å². The number of benzene rings is 1. The molecule has 0 spiro atoms. The minimum Gasteiger partial charge on any atom is -0.545 e. The fraction of sp³-hybridized carbons (Fsp3) is 0.0625. The predicted octanol–water partition coefficient (Wildman–Crippen LogP) is 2.86. The first-order valence-corrected chi connectivity index (χ1v) is 8.39. The van der Waals surface area contributed by atoms with Gasteiger partial charge in [0.2, 0.25) is 0 Å². The van der Waals surface area contributed by atoms with Crippen molar-refractivity contribution in [3.63, 3.8) is 0 Å². The second kappa shape index (κ2) is 6.72. The van der Waals surface area contributed by atoms with Gasteiger partial charge in [-0.3, -0.25) is 0 Å². The number of thioether (sulfide) groups is 1. The average Bonchev–Trinajstić information content (AvgIpc) is 3.03. The number of carbonyl (C=O) groups excluding carboxylic acids is 1. The molecule has 110 valence electrons. The van der Waals surface area contributed by atoms with Gasteiger partial charge < -0.3 is 9.90 Å². The van der Waals surface area contributed by atoms with Gasteiger partial charge in [0.1, 0.15) is 10.0 Å². The molecule has 3 aromatic rings. The van der Waals surface area contributed by atoms with Crippen LogP contribution in [-0.4, -0.2) is 15.9 Å². The van der Waals surface area contributed by atoms with Crippen LogP contribution in [0.3, 0.4) is 0 Å². The first-order chi connectivity index (χ1) is 10.7. The lowest BCUT2D eigenvalue weighted by Gasteiger charge is -2.07. The topological polar surface area (TPSA) is 65.9 Å². The molecule has 0 bridgehead atoms. The van der Waals surface area contributed by atoms with Gasteiger partial charge >= 0.3 is 0 Å². The van der Waals surface area contributed by atoms with Crippen LogP contribution in [0.2, 0.25) is 0 Å². The molecule has 2 heterocycles. The van der Waals surface area contributed by atoms with Gasteiger partial charge in [-0.15, -0.1) is 11.3 Å². The Hall–Kier alpha value is -2.18. The molecule has 0 radical (unpaired) electrons. The molecule has 0 aliphatic rings. The molecule has 0 aliphatic carbocycles. The number of carbonyl (C=O) groups is 1. The summed E-state index contributed by atoms with van der Waals surface area (Å²) in [6, 6.07) is 13.0. The van der Waals surface area contributed by atoms with E-state index in [0.717, 1.165) is 16.3 Å². The molecule has 0 saturated heterocycles. The smallest absolute Gasteiger partial charge is 0.123 e. The number of rotatable bonds is 5. The summed E-state index contributed by atoms with van der Waals surface area (Å²) in [5.41, 5.74) is 2.10. The summed E-state index contributed by atoms with van der Waals surface area (Å²) in [5.74, 6) is -0.639. The normalized spacial score (nSPS) is 10.5. The third-order valence-corrected chi connectivity index (χ3v) is 4.90. The van der Waals surface area contributed by atoms with Crippen molar-refractivity contribution in [3.05, 3.63) is 65.3 Å². The van der Waals surface area contributed by atoms with Gasteiger partial charge in [0, 0.05) is 28.5 Å². The lowest BCUT2D eigenvalue weighted by molar-refractivity contribution is -0.255. The number of carboxylic acids is 1. The van der Waals surface area contributed by atoms with Crippen LogP contribution in [0.25, 0.3) is 10.6 Å². The van der Waals surface area contributed by atoms with Gasteiger partial charge in [-0.05, 0) is 12.1 Å². The van der Waals surface area contributed by atoms with Crippen LogP contribution in [0.4, 0.5) is 0 Å². The standard InChI is InChI=1S/C16H12N2O2S2/c19-16(20)13-7-4-8-17-15(13)22-10-12-9-21-14(18-12)11-5-2-1-3-6-11/h1-9H,10H2,(H,19,20)/p-1. The minimum absolute atomic E-state index is 0.117. The van der Waals surface area contributed by atoms with Crippen molar-refractivity contribution in [3.8, 4) is 10.6 Å². The Morgan fingerprint density at radius 2 is 2.00 bits per heavy atom. The maximum atomic E-state index is 11.0. The molecule has 2 aromatic heterocycles. The summed E-state index contributed by atoms with van der Waals surface area (Å²) in [6.07, 6.45) is 1.57. The fourth-order valence-corrected chi connectivity index (χ4v) is 3.70. The Morgan fingerprint density at radius 1 is 1.18 bits per heavy atom. The highest BCUT2D eigenvalue weighted by Gasteiger charge is 2.08. The minimum atomic E-state index is -1.21. The number of thiazole rings is 1. The van der Waals surface area contributed by atoms with Crippen molar-refractivity contribution in [2.45, 2.75) is 10.8 Å². The molecule has 0 fully saturated rings. The maximum Gasteiger partial charge on any atom is 0.123 e. The molecular weight excluding hydrogens is 316 g/mol. The largest absolute Gasteiger partial charge is 0.545 e. The van der Waals surface area contributed by atoms with Crippen LogP contribution in [-0.2, 0) is 5.75 Å². The van der Waals surface area contributed by atoms with Gasteiger partial charge in [-0.1, -0.05) is 42.1 Å². The number of carboxylic acid groups (broad SMARTS) is 1. The first kappa shape index (κ1) is 14.7. The lowest BCUT2D eigenvalue weighted by Crippen LogP contribution is -2.23. The number of aromatic nitrogens is 2. The van der Waals surface area contributed by atoms with Crippen molar-refractivity contribution in [1.29, 1.82) is 0 Å². The Bertz CT molecular complexity index is 788. The van der Waals surface area contributed by atoms with E-state index in [0.29, 0.717) is 10.8 Å². The van der Waals surface area contributed by atoms with E-state index in [4.69, 9.17) is 0 Å². The van der Waals surface area contributed by atoms with E-state index in [1.54, 1.807) is 23.6 Å². The number of hydrogen-bond donors (Lipinski definition) is 0. The van der Waals surface area contributed by atoms with Crippen LogP contribution < -0.4 is 5.11 Å². The van der Waals surface area contributed by atoms with E-state index in [9.17, 15) is 9.90 Å². The summed E-state index contributed by atoms with van der Waals surface area (Å²) in [6.45, 7) is 0. The third kappa shape index (κ3) is 3.35. The van der Waals surface area contributed by atoms with Crippen molar-refractivity contribution in [2.75, 3.05) is 0 Å². The Labute approximate surface area is 135 Å². The molecule has 0 N–H and O–H groups in total. The van der Waals surface area contributed by atoms with Gasteiger partial charge in [0.15, 0.2) is 0 Å². The molecule has 22 heavy (non-hydrogen) atoms. The van der Waals surface area contributed by atoms with Crippen molar-refractivity contribution < 1.29 is 9.90 Å². The second-order valence-electron chi connectivity index (χ2n) is 4.44. The molecule has 1 aromatic carbocycles. The molecule has 0 saturated carbocycles. The first-order valence-electron chi connectivity index (χ1n) is 6.53. The Balaban J connectivity index is 1.73. The molecule has 0 aliphatic heterocycles. The van der Waals surface area contributed by atoms with Gasteiger partial charge in [0.05, 0.1) is 11.7 Å². The number of aromatic carboxylic acids is 1. The van der Waals surface area contributed by atoms with Gasteiger partial charge in [-0.2, -0.15) is 0 Å². The van der Waals surface area contributed by atoms with Crippen molar-refractivity contribution in [1.82, 2.24) is 9.97 Å². The molecule has 3 rings (SSSR count). The second-order valence-corrected chi connectivity index (χ2v) is 6.26. The van der Waals surface area contributed by atoms with Crippen molar-refractivity contribution in [2.24, 2.45) is 0 Å². The van der Waals surface area contributed by atoms with E-state index in [-0.39, 0.29) is 5.56 Å². The van der Waals surface area contributed by atoms with E-state index in [1.165, 1.54) is 17.8 Å². The number of nitrogens with zero attached hydrogens (tertiary/aromatic N) is 2. The lowest BCUT2D eigenvalue weighted by atomic mass is 10.2. The van der Waals surface area contributed by atoms with Crippen molar-refractivity contribution >= 4 is 29.1 Å². The molecule has 4 nitrogen and oxygen atoms in total. The fourth-order valence-electron chi connectivity index (χ4n) is 1.89. The third-order valence-electron chi connectivity index (χ3n) is 2.92. The van der Waals surface area contributed by atoms with Crippen LogP contribution in [0.15, 0.2) is 59.1 Å². The summed E-state index contributed by atoms with van der Waals surface area (Å²) < 4.78 is 0.